The Morgan fingerprint density at radius 3 is 2.71 bits per heavy atom. The van der Waals surface area contributed by atoms with E-state index in [2.05, 4.69) is 16.6 Å². The van der Waals surface area contributed by atoms with Gasteiger partial charge in [0, 0.05) is 18.7 Å². The molecule has 0 fully saturated rings. The summed E-state index contributed by atoms with van der Waals surface area (Å²) in [6.45, 7) is 1.85. The predicted molar refractivity (Wildman–Crippen MR) is 64.1 cm³/mol. The lowest BCUT2D eigenvalue weighted by Crippen LogP contribution is -2.24. The van der Waals surface area contributed by atoms with Crippen molar-refractivity contribution in [2.75, 3.05) is 12.3 Å². The van der Waals surface area contributed by atoms with E-state index in [4.69, 9.17) is 5.73 Å². The Labute approximate surface area is 100 Å². The van der Waals surface area contributed by atoms with Crippen LogP contribution in [0.3, 0.4) is 0 Å². The van der Waals surface area contributed by atoms with Gasteiger partial charge in [-0.2, -0.15) is 0 Å². The van der Waals surface area contributed by atoms with Crippen molar-refractivity contribution in [2.24, 2.45) is 0 Å². The fraction of sp³-hybridized carbons (Fsp3) is 0.273. The molecule has 1 aromatic carbocycles. The minimum atomic E-state index is -3.72. The topological polar surface area (TPSA) is 72.2 Å². The van der Waals surface area contributed by atoms with Gasteiger partial charge in [-0.05, 0) is 25.1 Å². The highest BCUT2D eigenvalue weighted by Crippen LogP contribution is 2.15. The maximum absolute atomic E-state index is 13.0. The second-order valence-electron chi connectivity index (χ2n) is 3.29. The summed E-state index contributed by atoms with van der Waals surface area (Å²) >= 11 is 0. The van der Waals surface area contributed by atoms with Gasteiger partial charge in [0.05, 0.1) is 4.90 Å². The highest BCUT2D eigenvalue weighted by molar-refractivity contribution is 7.89. The number of hydrogen-bond donors (Lipinski definition) is 2. The summed E-state index contributed by atoms with van der Waals surface area (Å²) in [5.41, 5.74) is 5.45. The van der Waals surface area contributed by atoms with Crippen LogP contribution >= 0.6 is 0 Å². The van der Waals surface area contributed by atoms with Gasteiger partial charge in [-0.25, -0.2) is 17.5 Å². The third kappa shape index (κ3) is 4.06. The Bertz CT molecular complexity index is 538. The molecule has 17 heavy (non-hydrogen) atoms. The molecule has 92 valence electrons. The fourth-order valence-electron chi connectivity index (χ4n) is 1.20. The summed E-state index contributed by atoms with van der Waals surface area (Å²) in [6.07, 6.45) is 0.403. The van der Waals surface area contributed by atoms with Crippen LogP contribution in [0.4, 0.5) is 10.1 Å². The van der Waals surface area contributed by atoms with Crippen LogP contribution in [0, 0.1) is 17.7 Å². The Hall–Kier alpha value is -1.58. The summed E-state index contributed by atoms with van der Waals surface area (Å²) < 4.78 is 38.8. The molecular formula is C11H13FN2O2S. The molecule has 0 aliphatic carbocycles. The number of nitrogen functional groups attached to an aromatic ring is 1. The number of rotatable bonds is 4. The number of nitrogens with one attached hydrogen (secondary N) is 1. The van der Waals surface area contributed by atoms with Crippen molar-refractivity contribution in [3.05, 3.63) is 24.0 Å². The minimum Gasteiger partial charge on any atom is -0.399 e. The standard InChI is InChI=1S/C11H13FN2O2S/c1-2-3-4-5-14-17(15,16)11-7-9(12)6-10(13)8-11/h6-8,14H,4-5,13H2,1H3. The molecule has 1 aromatic rings. The van der Waals surface area contributed by atoms with Crippen molar-refractivity contribution in [2.45, 2.75) is 18.2 Å². The van der Waals surface area contributed by atoms with Gasteiger partial charge in [-0.3, -0.25) is 0 Å². The molecule has 6 heteroatoms. The van der Waals surface area contributed by atoms with Crippen LogP contribution < -0.4 is 10.5 Å². The van der Waals surface area contributed by atoms with E-state index >= 15 is 0 Å². The highest BCUT2D eigenvalue weighted by atomic mass is 32.2. The van der Waals surface area contributed by atoms with Crippen LogP contribution in [0.25, 0.3) is 0 Å². The van der Waals surface area contributed by atoms with Crippen LogP contribution in [0.1, 0.15) is 13.3 Å². The van der Waals surface area contributed by atoms with Gasteiger partial charge < -0.3 is 5.73 Å². The largest absolute Gasteiger partial charge is 0.399 e. The zero-order chi connectivity index (χ0) is 12.9. The van der Waals surface area contributed by atoms with Gasteiger partial charge in [-0.15, -0.1) is 11.8 Å². The third-order valence-corrected chi connectivity index (χ3v) is 3.36. The number of anilines is 1. The zero-order valence-electron chi connectivity index (χ0n) is 9.33. The number of sulfonamides is 1. The van der Waals surface area contributed by atoms with Crippen LogP contribution in [-0.4, -0.2) is 15.0 Å². The first-order valence-electron chi connectivity index (χ1n) is 4.91. The Balaban J connectivity index is 2.84. The molecule has 4 nitrogen and oxygen atoms in total. The van der Waals surface area contributed by atoms with E-state index in [1.54, 1.807) is 6.92 Å². The van der Waals surface area contributed by atoms with Crippen molar-refractivity contribution >= 4 is 15.7 Å². The molecule has 0 saturated carbocycles. The van der Waals surface area contributed by atoms with Crippen LogP contribution in [0.15, 0.2) is 23.1 Å². The molecule has 0 atom stereocenters. The van der Waals surface area contributed by atoms with E-state index in [1.807, 2.05) is 0 Å². The van der Waals surface area contributed by atoms with Gasteiger partial charge in [-0.1, -0.05) is 0 Å². The van der Waals surface area contributed by atoms with Crippen molar-refractivity contribution in [3.63, 3.8) is 0 Å². The van der Waals surface area contributed by atoms with E-state index in [0.717, 1.165) is 12.1 Å². The predicted octanol–water partition coefficient (Wildman–Crippen LogP) is 1.10. The number of halogens is 1. The first kappa shape index (κ1) is 13.5. The van der Waals surface area contributed by atoms with Crippen molar-refractivity contribution in [1.29, 1.82) is 0 Å². The first-order valence-corrected chi connectivity index (χ1v) is 6.39. The molecule has 0 radical (unpaired) electrons. The van der Waals surface area contributed by atoms with E-state index in [9.17, 15) is 12.8 Å². The van der Waals surface area contributed by atoms with Crippen LogP contribution in [0.5, 0.6) is 0 Å². The molecule has 3 N–H and O–H groups in total. The minimum absolute atomic E-state index is 0.0683. The smallest absolute Gasteiger partial charge is 0.240 e. The van der Waals surface area contributed by atoms with Gasteiger partial charge in [0.2, 0.25) is 10.0 Å². The number of nitrogens with two attached hydrogens (primary N) is 1. The SMILES string of the molecule is CC#CCCNS(=O)(=O)c1cc(N)cc(F)c1. The van der Waals surface area contributed by atoms with Crippen molar-refractivity contribution < 1.29 is 12.8 Å². The second kappa shape index (κ2) is 5.66. The summed E-state index contributed by atoms with van der Waals surface area (Å²) in [6, 6.07) is 3.18. The molecular weight excluding hydrogens is 243 g/mol. The molecule has 0 amide bonds. The average Bonchev–Trinajstić information content (AvgIpc) is 2.23. The molecule has 1 rings (SSSR count). The molecule has 0 bridgehead atoms. The molecule has 0 spiro atoms. The maximum Gasteiger partial charge on any atom is 0.240 e. The first-order chi connectivity index (χ1) is 7.95. The van der Waals surface area contributed by atoms with Gasteiger partial charge in [0.15, 0.2) is 0 Å². The summed E-state index contributed by atoms with van der Waals surface area (Å²) in [7, 11) is -3.72. The van der Waals surface area contributed by atoms with E-state index in [-0.39, 0.29) is 17.1 Å². The Kier molecular flexibility index (Phi) is 4.49. The molecule has 0 aliphatic rings. The monoisotopic (exact) mass is 256 g/mol. The molecule has 0 unspecified atom stereocenters. The summed E-state index contributed by atoms with van der Waals surface area (Å²) in [5, 5.41) is 0. The summed E-state index contributed by atoms with van der Waals surface area (Å²) in [5.74, 6) is 4.68. The van der Waals surface area contributed by atoms with Gasteiger partial charge >= 0.3 is 0 Å². The zero-order valence-corrected chi connectivity index (χ0v) is 10.1. The normalized spacial score (nSPS) is 10.7. The van der Waals surface area contributed by atoms with Crippen LogP contribution in [0.2, 0.25) is 0 Å². The number of benzene rings is 1. The molecule has 0 heterocycles. The van der Waals surface area contributed by atoms with E-state index in [1.165, 1.54) is 6.07 Å². The van der Waals surface area contributed by atoms with Crippen LogP contribution in [-0.2, 0) is 10.0 Å². The van der Waals surface area contributed by atoms with E-state index < -0.39 is 15.8 Å². The summed E-state index contributed by atoms with van der Waals surface area (Å²) in [4.78, 5) is -0.181. The van der Waals surface area contributed by atoms with Gasteiger partial charge in [0.25, 0.3) is 0 Å². The van der Waals surface area contributed by atoms with Crippen molar-refractivity contribution in [1.82, 2.24) is 4.72 Å². The second-order valence-corrected chi connectivity index (χ2v) is 5.06. The Morgan fingerprint density at radius 2 is 2.12 bits per heavy atom. The molecule has 0 aromatic heterocycles. The quantitative estimate of drug-likeness (QED) is 0.481. The van der Waals surface area contributed by atoms with Gasteiger partial charge in [0.1, 0.15) is 5.82 Å². The molecule has 0 aliphatic heterocycles. The maximum atomic E-state index is 13.0. The highest BCUT2D eigenvalue weighted by Gasteiger charge is 2.14. The lowest BCUT2D eigenvalue weighted by Gasteiger charge is -2.06. The Morgan fingerprint density at radius 1 is 1.41 bits per heavy atom. The van der Waals surface area contributed by atoms with Crippen molar-refractivity contribution in [3.8, 4) is 11.8 Å². The fourth-order valence-corrected chi connectivity index (χ4v) is 2.29. The lowest BCUT2D eigenvalue weighted by atomic mass is 10.3. The average molecular weight is 256 g/mol. The van der Waals surface area contributed by atoms with E-state index in [0.29, 0.717) is 6.42 Å². The molecule has 0 saturated heterocycles. The lowest BCUT2D eigenvalue weighted by molar-refractivity contribution is 0.578. The number of hydrogen-bond acceptors (Lipinski definition) is 3. The third-order valence-electron chi connectivity index (χ3n) is 1.92.